The van der Waals surface area contributed by atoms with Gasteiger partial charge < -0.3 is 15.5 Å². The van der Waals surface area contributed by atoms with Crippen LogP contribution in [0.4, 0.5) is 5.69 Å². The molecule has 0 fully saturated rings. The van der Waals surface area contributed by atoms with E-state index in [0.717, 1.165) is 11.1 Å². The summed E-state index contributed by atoms with van der Waals surface area (Å²) in [6.45, 7) is 3.62. The maximum absolute atomic E-state index is 13.2. The normalized spacial score (nSPS) is 12.5. The Kier molecular flexibility index (Phi) is 8.92. The van der Waals surface area contributed by atoms with E-state index in [-0.39, 0.29) is 23.5 Å². The number of anilines is 1. The number of carbonyl (C=O) groups excluding carboxylic acids is 3. The molecule has 2 N–H and O–H groups in total. The summed E-state index contributed by atoms with van der Waals surface area (Å²) >= 11 is 1.39. The van der Waals surface area contributed by atoms with Crippen molar-refractivity contribution >= 4 is 35.2 Å². The Labute approximate surface area is 182 Å². The van der Waals surface area contributed by atoms with Crippen molar-refractivity contribution in [1.82, 2.24) is 10.2 Å². The highest BCUT2D eigenvalue weighted by molar-refractivity contribution is 7.99. The number of hydrogen-bond donors (Lipinski definition) is 2. The quantitative estimate of drug-likeness (QED) is 0.645. The summed E-state index contributed by atoms with van der Waals surface area (Å²) in [6, 6.07) is 15.5. The zero-order valence-electron chi connectivity index (χ0n) is 17.8. The molecule has 3 amide bonds. The van der Waals surface area contributed by atoms with Gasteiger partial charge in [-0.05, 0) is 43.4 Å². The minimum atomic E-state index is -0.744. The number of thioether (sulfide) groups is 1. The van der Waals surface area contributed by atoms with E-state index in [2.05, 4.69) is 10.6 Å². The molecule has 0 bridgehead atoms. The minimum Gasteiger partial charge on any atom is -0.343 e. The van der Waals surface area contributed by atoms with Gasteiger partial charge in [0.05, 0.1) is 5.75 Å². The molecule has 0 aliphatic carbocycles. The molecule has 0 saturated carbocycles. The molecule has 0 radical (unpaired) electrons. The Morgan fingerprint density at radius 3 is 2.40 bits per heavy atom. The molecule has 2 aromatic rings. The fraction of sp³-hybridized carbons (Fsp3) is 0.348. The van der Waals surface area contributed by atoms with E-state index in [1.165, 1.54) is 16.7 Å². The van der Waals surface area contributed by atoms with Gasteiger partial charge in [-0.1, -0.05) is 42.5 Å². The second-order valence-electron chi connectivity index (χ2n) is 7.23. The number of likely N-dealkylation sites (N-methyl/N-ethyl adjacent to an activating group) is 1. The Morgan fingerprint density at radius 1 is 1.07 bits per heavy atom. The van der Waals surface area contributed by atoms with Gasteiger partial charge in [0.2, 0.25) is 17.7 Å². The van der Waals surface area contributed by atoms with Crippen LogP contribution in [0, 0.1) is 6.92 Å². The molecule has 0 unspecified atom stereocenters. The van der Waals surface area contributed by atoms with Crippen molar-refractivity contribution in [2.24, 2.45) is 0 Å². The van der Waals surface area contributed by atoms with E-state index < -0.39 is 12.1 Å². The summed E-state index contributed by atoms with van der Waals surface area (Å²) in [5.74, 6) is -0.529. The van der Waals surface area contributed by atoms with E-state index in [4.69, 9.17) is 0 Å². The molecule has 2 atom stereocenters. The predicted molar refractivity (Wildman–Crippen MR) is 122 cm³/mol. The lowest BCUT2D eigenvalue weighted by Crippen LogP contribution is -2.53. The van der Waals surface area contributed by atoms with Gasteiger partial charge >= 0.3 is 0 Å². The van der Waals surface area contributed by atoms with Crippen molar-refractivity contribution < 1.29 is 14.4 Å². The molecule has 0 aliphatic rings. The van der Waals surface area contributed by atoms with Crippen LogP contribution < -0.4 is 10.6 Å². The number of amides is 3. The van der Waals surface area contributed by atoms with E-state index in [9.17, 15) is 14.4 Å². The third-order valence-electron chi connectivity index (χ3n) is 4.79. The van der Waals surface area contributed by atoms with Crippen molar-refractivity contribution in [2.45, 2.75) is 32.4 Å². The molecule has 30 heavy (non-hydrogen) atoms. The molecule has 0 saturated heterocycles. The van der Waals surface area contributed by atoms with Gasteiger partial charge in [-0.3, -0.25) is 14.4 Å². The van der Waals surface area contributed by atoms with E-state index in [1.54, 1.807) is 20.0 Å². The Morgan fingerprint density at radius 2 is 1.77 bits per heavy atom. The topological polar surface area (TPSA) is 78.5 Å². The number of carbonyl (C=O) groups is 3. The third-order valence-corrected chi connectivity index (χ3v) is 5.34. The largest absolute Gasteiger partial charge is 0.343 e. The lowest BCUT2D eigenvalue weighted by Gasteiger charge is -2.29. The van der Waals surface area contributed by atoms with Crippen LogP contribution in [0.1, 0.15) is 18.1 Å². The van der Waals surface area contributed by atoms with Crippen LogP contribution in [-0.2, 0) is 20.8 Å². The summed E-state index contributed by atoms with van der Waals surface area (Å²) in [6.07, 6.45) is 2.19. The monoisotopic (exact) mass is 427 g/mol. The molecule has 160 valence electrons. The van der Waals surface area contributed by atoms with Crippen LogP contribution in [0.15, 0.2) is 54.6 Å². The fourth-order valence-electron chi connectivity index (χ4n) is 3.00. The fourth-order valence-corrected chi connectivity index (χ4v) is 3.34. The molecule has 0 heterocycles. The first kappa shape index (κ1) is 23.5. The first-order valence-corrected chi connectivity index (χ1v) is 11.2. The molecule has 0 spiro atoms. The van der Waals surface area contributed by atoms with E-state index in [1.807, 2.05) is 61.7 Å². The average molecular weight is 428 g/mol. The van der Waals surface area contributed by atoms with Crippen LogP contribution in [0.5, 0.6) is 0 Å². The van der Waals surface area contributed by atoms with Crippen molar-refractivity contribution in [3.63, 3.8) is 0 Å². The van der Waals surface area contributed by atoms with Crippen LogP contribution in [-0.4, -0.2) is 53.8 Å². The smallest absolute Gasteiger partial charge is 0.246 e. The summed E-state index contributed by atoms with van der Waals surface area (Å²) in [5, 5.41) is 5.66. The second-order valence-corrected chi connectivity index (χ2v) is 8.09. The molecule has 0 aromatic heterocycles. The maximum atomic E-state index is 13.2. The lowest BCUT2D eigenvalue weighted by molar-refractivity contribution is -0.139. The van der Waals surface area contributed by atoms with Crippen LogP contribution in [0.2, 0.25) is 0 Å². The average Bonchev–Trinajstić information content (AvgIpc) is 2.72. The van der Waals surface area contributed by atoms with E-state index in [0.29, 0.717) is 12.1 Å². The summed E-state index contributed by atoms with van der Waals surface area (Å²) < 4.78 is 0. The SMILES string of the molecule is CSCC(=O)N[C@@H](Cc1ccccc1)C(=O)N(C)[C@@H](C)C(=O)Nc1cccc(C)c1. The first-order valence-electron chi connectivity index (χ1n) is 9.78. The number of hydrogen-bond acceptors (Lipinski definition) is 4. The molecule has 2 aromatic carbocycles. The van der Waals surface area contributed by atoms with Crippen LogP contribution in [0.3, 0.4) is 0 Å². The number of rotatable bonds is 9. The van der Waals surface area contributed by atoms with E-state index >= 15 is 0 Å². The molecular formula is C23H29N3O3S. The Bertz CT molecular complexity index is 873. The van der Waals surface area contributed by atoms with Gasteiger partial charge in [0.25, 0.3) is 0 Å². The molecule has 6 nitrogen and oxygen atoms in total. The van der Waals surface area contributed by atoms with Crippen molar-refractivity contribution in [3.05, 3.63) is 65.7 Å². The van der Waals surface area contributed by atoms with Gasteiger partial charge in [0, 0.05) is 19.2 Å². The standard InChI is InChI=1S/C23H29N3O3S/c1-16-9-8-12-19(13-16)24-22(28)17(2)26(3)23(29)20(25-21(27)15-30-4)14-18-10-6-5-7-11-18/h5-13,17,20H,14-15H2,1-4H3,(H,24,28)(H,25,27)/t17-,20-/m0/s1. The Balaban J connectivity index is 2.11. The van der Waals surface area contributed by atoms with Gasteiger partial charge in [-0.2, -0.15) is 11.8 Å². The minimum absolute atomic E-state index is 0.206. The number of nitrogens with one attached hydrogen (secondary N) is 2. The number of aryl methyl sites for hydroxylation is 1. The number of nitrogens with zero attached hydrogens (tertiary/aromatic N) is 1. The molecule has 0 aliphatic heterocycles. The lowest BCUT2D eigenvalue weighted by atomic mass is 10.0. The summed E-state index contributed by atoms with van der Waals surface area (Å²) in [4.78, 5) is 39.4. The van der Waals surface area contributed by atoms with Crippen molar-refractivity contribution in [3.8, 4) is 0 Å². The molecule has 2 rings (SSSR count). The highest BCUT2D eigenvalue weighted by Crippen LogP contribution is 2.12. The summed E-state index contributed by atoms with van der Waals surface area (Å²) in [7, 11) is 1.58. The van der Waals surface area contributed by atoms with Crippen LogP contribution in [0.25, 0.3) is 0 Å². The zero-order valence-corrected chi connectivity index (χ0v) is 18.7. The van der Waals surface area contributed by atoms with Gasteiger partial charge in [-0.15, -0.1) is 0 Å². The predicted octanol–water partition coefficient (Wildman–Crippen LogP) is 2.87. The third kappa shape index (κ3) is 6.91. The number of benzene rings is 2. The highest BCUT2D eigenvalue weighted by atomic mass is 32.2. The maximum Gasteiger partial charge on any atom is 0.246 e. The van der Waals surface area contributed by atoms with Crippen molar-refractivity contribution in [2.75, 3.05) is 24.4 Å². The first-order chi connectivity index (χ1) is 14.3. The van der Waals surface area contributed by atoms with Gasteiger partial charge in [-0.25, -0.2) is 0 Å². The zero-order chi connectivity index (χ0) is 22.1. The highest BCUT2D eigenvalue weighted by Gasteiger charge is 2.29. The van der Waals surface area contributed by atoms with Gasteiger partial charge in [0.1, 0.15) is 12.1 Å². The molecule has 7 heteroatoms. The van der Waals surface area contributed by atoms with Crippen LogP contribution >= 0.6 is 11.8 Å². The molecular weight excluding hydrogens is 398 g/mol. The Hall–Kier alpha value is -2.80. The van der Waals surface area contributed by atoms with Crippen molar-refractivity contribution in [1.29, 1.82) is 0 Å². The van der Waals surface area contributed by atoms with Gasteiger partial charge in [0.15, 0.2) is 0 Å². The summed E-state index contributed by atoms with van der Waals surface area (Å²) in [5.41, 5.74) is 2.65. The second kappa shape index (κ2) is 11.4.